The highest BCUT2D eigenvalue weighted by Gasteiger charge is 2.18. The molecular formula is C24H30N14O6S2. The van der Waals surface area contributed by atoms with E-state index < -0.39 is 30.0 Å². The molecule has 0 saturated heterocycles. The third-order valence-electron chi connectivity index (χ3n) is 5.70. The average Bonchev–Trinajstić information content (AvgIpc) is 2.97. The van der Waals surface area contributed by atoms with Crippen molar-refractivity contribution in [2.24, 2.45) is 11.5 Å². The molecule has 0 unspecified atom stereocenters. The topological polar surface area (TPSA) is 338 Å². The van der Waals surface area contributed by atoms with Gasteiger partial charge in [0.25, 0.3) is 20.2 Å². The fourth-order valence-electron chi connectivity index (χ4n) is 3.81. The quantitative estimate of drug-likeness (QED) is 0.0626. The first-order chi connectivity index (χ1) is 21.7. The van der Waals surface area contributed by atoms with Gasteiger partial charge in [0.1, 0.15) is 9.79 Å². The van der Waals surface area contributed by atoms with E-state index in [9.17, 15) is 25.9 Å². The van der Waals surface area contributed by atoms with E-state index in [4.69, 9.17) is 22.9 Å². The van der Waals surface area contributed by atoms with E-state index in [0.717, 1.165) is 12.1 Å². The monoisotopic (exact) mass is 674 g/mol. The van der Waals surface area contributed by atoms with E-state index in [-0.39, 0.29) is 58.2 Å². The minimum absolute atomic E-state index is 0.0184. The van der Waals surface area contributed by atoms with Crippen LogP contribution >= 0.6 is 0 Å². The smallest absolute Gasteiger partial charge is 0.295 e. The molecule has 4 rings (SSSR count). The van der Waals surface area contributed by atoms with E-state index in [0.29, 0.717) is 26.2 Å². The molecule has 0 fully saturated rings. The fraction of sp³-hybridized carbons (Fsp3) is 0.167. The Kier molecular flexibility index (Phi) is 10.4. The van der Waals surface area contributed by atoms with Crippen molar-refractivity contribution in [1.29, 1.82) is 0 Å². The second kappa shape index (κ2) is 14.2. The van der Waals surface area contributed by atoms with E-state index in [1.807, 2.05) is 0 Å². The zero-order valence-electron chi connectivity index (χ0n) is 23.8. The second-order valence-corrected chi connectivity index (χ2v) is 11.9. The molecular weight excluding hydrogens is 644 g/mol. The highest BCUT2D eigenvalue weighted by atomic mass is 32.2. The summed E-state index contributed by atoms with van der Waals surface area (Å²) in [6.07, 6.45) is 2.48. The largest absolute Gasteiger partial charge is 0.368 e. The van der Waals surface area contributed by atoms with Gasteiger partial charge in [-0.15, -0.1) is 0 Å². The van der Waals surface area contributed by atoms with Crippen LogP contribution in [0.5, 0.6) is 0 Å². The van der Waals surface area contributed by atoms with E-state index in [1.54, 1.807) is 0 Å². The molecule has 2 heterocycles. The number of hydrogen-bond donors (Lipinski definition) is 10. The second-order valence-electron chi connectivity index (χ2n) is 9.15. The average molecular weight is 675 g/mol. The molecule has 20 nitrogen and oxygen atoms in total. The van der Waals surface area contributed by atoms with Gasteiger partial charge in [-0.2, -0.15) is 46.7 Å². The SMILES string of the molecule is NCCNc1nc(N)nc(Nc2ccc(/C=C/c3ccc(Nc4nc(N)nc(NCCN)n4)cc3S(=O)(=O)O)c(S(=O)(=O)O)c2)n1. The predicted molar refractivity (Wildman–Crippen MR) is 172 cm³/mol. The maximum atomic E-state index is 12.3. The van der Waals surface area contributed by atoms with Gasteiger partial charge in [-0.3, -0.25) is 9.11 Å². The van der Waals surface area contributed by atoms with Gasteiger partial charge in [0.05, 0.1) is 0 Å². The summed E-state index contributed by atoms with van der Waals surface area (Å²) in [5.74, 6) is -0.0228. The Morgan fingerprint density at radius 1 is 0.609 bits per heavy atom. The number of anilines is 8. The lowest BCUT2D eigenvalue weighted by Crippen LogP contribution is -2.16. The molecule has 244 valence electrons. The molecule has 0 radical (unpaired) electrons. The van der Waals surface area contributed by atoms with Crippen molar-refractivity contribution < 1.29 is 25.9 Å². The van der Waals surface area contributed by atoms with Gasteiger partial charge in [-0.1, -0.05) is 24.3 Å². The minimum Gasteiger partial charge on any atom is -0.368 e. The van der Waals surface area contributed by atoms with Gasteiger partial charge in [0, 0.05) is 37.6 Å². The van der Waals surface area contributed by atoms with Crippen LogP contribution in [0.3, 0.4) is 0 Å². The van der Waals surface area contributed by atoms with Crippen LogP contribution in [-0.4, -0.2) is 82.0 Å². The van der Waals surface area contributed by atoms with Crippen molar-refractivity contribution in [3.8, 4) is 0 Å². The van der Waals surface area contributed by atoms with Crippen LogP contribution in [0.4, 0.5) is 47.1 Å². The number of nitrogens with two attached hydrogens (primary N) is 4. The predicted octanol–water partition coefficient (Wildman–Crippen LogP) is 0.113. The van der Waals surface area contributed by atoms with Crippen molar-refractivity contribution >= 4 is 79.5 Å². The molecule has 0 spiro atoms. The Bertz CT molecular complexity index is 1840. The number of nitrogens with zero attached hydrogens (tertiary/aromatic N) is 6. The third kappa shape index (κ3) is 9.13. The van der Waals surface area contributed by atoms with Crippen LogP contribution in [0.15, 0.2) is 46.2 Å². The number of benzene rings is 2. The van der Waals surface area contributed by atoms with Gasteiger partial charge < -0.3 is 44.2 Å². The number of rotatable bonds is 14. The van der Waals surface area contributed by atoms with Crippen LogP contribution in [0.2, 0.25) is 0 Å². The van der Waals surface area contributed by atoms with E-state index in [2.05, 4.69) is 51.2 Å². The molecule has 0 aliphatic heterocycles. The summed E-state index contributed by atoms with van der Waals surface area (Å²) < 4.78 is 69.0. The third-order valence-corrected chi connectivity index (χ3v) is 7.52. The minimum atomic E-state index is -4.79. The molecule has 0 aliphatic rings. The number of nitrogens with one attached hydrogen (secondary N) is 4. The first kappa shape index (κ1) is 33.6. The first-order valence-electron chi connectivity index (χ1n) is 13.1. The van der Waals surface area contributed by atoms with Crippen molar-refractivity contribution in [3.63, 3.8) is 0 Å². The molecule has 0 saturated carbocycles. The van der Waals surface area contributed by atoms with Gasteiger partial charge in [0.15, 0.2) is 0 Å². The summed E-state index contributed by atoms with van der Waals surface area (Å²) in [7, 11) is -9.58. The standard InChI is InChI=1S/C24H30N14O6S2/c25-7-9-29-21-33-19(27)35-23(37-21)31-15-5-3-13(17(11-15)45(39,40)41)1-2-14-4-6-16(12-18(14)46(42,43)44)32-24-36-20(28)34-22(38-24)30-10-8-26/h1-6,11-12H,7-10,25-26H2,(H,39,40,41)(H,42,43,44)(H4,27,29,31,33,35,37)(H4,28,30,32,34,36,38)/b2-1+. The van der Waals surface area contributed by atoms with Gasteiger partial charge in [-0.25, -0.2) is 0 Å². The summed E-state index contributed by atoms with van der Waals surface area (Å²) in [6, 6.07) is 7.80. The Morgan fingerprint density at radius 3 is 1.33 bits per heavy atom. The Balaban J connectivity index is 1.64. The molecule has 22 heteroatoms. The highest BCUT2D eigenvalue weighted by Crippen LogP contribution is 2.28. The summed E-state index contributed by atoms with van der Waals surface area (Å²) in [5.41, 5.74) is 22.7. The van der Waals surface area contributed by atoms with Crippen LogP contribution in [0.1, 0.15) is 11.1 Å². The number of aromatic nitrogens is 6. The molecule has 0 amide bonds. The normalized spacial score (nSPS) is 11.8. The Hall–Kier alpha value is -5.26. The summed E-state index contributed by atoms with van der Waals surface area (Å²) >= 11 is 0. The zero-order chi connectivity index (χ0) is 33.5. The van der Waals surface area contributed by atoms with Crippen molar-refractivity contribution in [3.05, 3.63) is 47.5 Å². The summed E-state index contributed by atoms with van der Waals surface area (Å²) in [6.45, 7) is 1.33. The molecule has 4 aromatic rings. The van der Waals surface area contributed by atoms with E-state index >= 15 is 0 Å². The van der Waals surface area contributed by atoms with Crippen molar-refractivity contribution in [2.75, 3.05) is 58.9 Å². The Labute approximate surface area is 262 Å². The first-order valence-corrected chi connectivity index (χ1v) is 16.0. The van der Waals surface area contributed by atoms with Gasteiger partial charge in [-0.05, 0) is 35.4 Å². The van der Waals surface area contributed by atoms with E-state index in [1.165, 1.54) is 36.4 Å². The van der Waals surface area contributed by atoms with Crippen molar-refractivity contribution in [2.45, 2.75) is 9.79 Å². The molecule has 46 heavy (non-hydrogen) atoms. The maximum absolute atomic E-state index is 12.3. The number of hydrogen-bond acceptors (Lipinski definition) is 18. The van der Waals surface area contributed by atoms with Crippen LogP contribution in [0, 0.1) is 0 Å². The molecule has 0 aliphatic carbocycles. The fourth-order valence-corrected chi connectivity index (χ4v) is 5.23. The lowest BCUT2D eigenvalue weighted by Gasteiger charge is -2.11. The Morgan fingerprint density at radius 2 is 0.978 bits per heavy atom. The van der Waals surface area contributed by atoms with Gasteiger partial charge >= 0.3 is 0 Å². The van der Waals surface area contributed by atoms with Crippen LogP contribution in [0.25, 0.3) is 12.2 Å². The summed E-state index contributed by atoms with van der Waals surface area (Å²) in [4.78, 5) is 22.9. The molecule has 0 atom stereocenters. The molecule has 2 aromatic heterocycles. The summed E-state index contributed by atoms with van der Waals surface area (Å²) in [5, 5.41) is 11.3. The van der Waals surface area contributed by atoms with Crippen molar-refractivity contribution in [1.82, 2.24) is 29.9 Å². The lowest BCUT2D eigenvalue weighted by molar-refractivity contribution is 0.480. The zero-order valence-corrected chi connectivity index (χ0v) is 25.4. The molecule has 2 aromatic carbocycles. The van der Waals surface area contributed by atoms with Gasteiger partial charge in [0.2, 0.25) is 35.7 Å². The lowest BCUT2D eigenvalue weighted by atomic mass is 10.1. The maximum Gasteiger partial charge on any atom is 0.295 e. The van der Waals surface area contributed by atoms with Crippen LogP contribution < -0.4 is 44.2 Å². The number of nitrogen functional groups attached to an aromatic ring is 2. The highest BCUT2D eigenvalue weighted by molar-refractivity contribution is 7.86. The molecule has 0 bridgehead atoms. The molecule has 14 N–H and O–H groups in total. The van der Waals surface area contributed by atoms with Crippen LogP contribution in [-0.2, 0) is 20.2 Å².